The lowest BCUT2D eigenvalue weighted by molar-refractivity contribution is -0.135. The molecule has 0 atom stereocenters. The number of rotatable bonds is 4. The number of allylic oxidation sites excluding steroid dienone is 2. The summed E-state index contributed by atoms with van der Waals surface area (Å²) in [5.41, 5.74) is 1.08. The number of hydrogen-bond donors (Lipinski definition) is 0. The van der Waals surface area contributed by atoms with E-state index in [1.807, 2.05) is 0 Å². The molecular weight excluding hydrogens is 152 g/mol. The van der Waals surface area contributed by atoms with Crippen molar-refractivity contribution in [2.45, 2.75) is 32.6 Å². The molecule has 0 aromatic rings. The molecule has 1 rings (SSSR count). The molecule has 0 saturated heterocycles. The van der Waals surface area contributed by atoms with Gasteiger partial charge < -0.3 is 4.74 Å². The monoisotopic (exact) mass is 166 g/mol. The van der Waals surface area contributed by atoms with Gasteiger partial charge >= 0.3 is 5.97 Å². The molecule has 12 heavy (non-hydrogen) atoms. The molecule has 2 nitrogen and oxygen atoms in total. The predicted molar refractivity (Wildman–Crippen MR) is 47.5 cm³/mol. The van der Waals surface area contributed by atoms with E-state index in [-0.39, 0.29) is 5.97 Å². The molecule has 0 spiro atoms. The number of esters is 1. The van der Waals surface area contributed by atoms with Crippen molar-refractivity contribution in [2.75, 3.05) is 0 Å². The maximum atomic E-state index is 10.6. The summed E-state index contributed by atoms with van der Waals surface area (Å²) in [5, 5.41) is 0. The average molecular weight is 166 g/mol. The molecule has 0 bridgehead atoms. The highest BCUT2D eigenvalue weighted by Crippen LogP contribution is 2.15. The predicted octanol–water partition coefficient (Wildman–Crippen LogP) is 2.56. The fraction of sp³-hybridized carbons (Fsp3) is 0.500. The first kappa shape index (κ1) is 9.04. The van der Waals surface area contributed by atoms with Crippen LogP contribution >= 0.6 is 0 Å². The van der Waals surface area contributed by atoms with Crippen LogP contribution in [-0.4, -0.2) is 5.97 Å². The normalized spacial score (nSPS) is 16.8. The van der Waals surface area contributed by atoms with Gasteiger partial charge in [-0.1, -0.05) is 25.5 Å². The van der Waals surface area contributed by atoms with Gasteiger partial charge in [-0.05, 0) is 18.4 Å². The highest BCUT2D eigenvalue weighted by molar-refractivity contribution is 5.75. The van der Waals surface area contributed by atoms with Crippen molar-refractivity contribution in [1.29, 1.82) is 0 Å². The SMILES string of the molecule is CCCC=CCC1=COC(=O)C1. The first-order chi connectivity index (χ1) is 5.83. The topological polar surface area (TPSA) is 26.3 Å². The van der Waals surface area contributed by atoms with Gasteiger partial charge in [-0.25, -0.2) is 0 Å². The third-order valence-corrected chi connectivity index (χ3v) is 1.73. The van der Waals surface area contributed by atoms with E-state index >= 15 is 0 Å². The van der Waals surface area contributed by atoms with Gasteiger partial charge in [0.15, 0.2) is 0 Å². The average Bonchev–Trinajstić information content (AvgIpc) is 2.45. The van der Waals surface area contributed by atoms with Gasteiger partial charge in [-0.15, -0.1) is 0 Å². The number of hydrogen-bond acceptors (Lipinski definition) is 2. The van der Waals surface area contributed by atoms with Gasteiger partial charge in [0.05, 0.1) is 12.7 Å². The maximum absolute atomic E-state index is 10.6. The third-order valence-electron chi connectivity index (χ3n) is 1.73. The summed E-state index contributed by atoms with van der Waals surface area (Å²) in [6.45, 7) is 2.14. The number of carbonyl (C=O) groups excluding carboxylic acids is 1. The molecule has 0 N–H and O–H groups in total. The summed E-state index contributed by atoms with van der Waals surface area (Å²) >= 11 is 0. The van der Waals surface area contributed by atoms with Crippen molar-refractivity contribution in [3.63, 3.8) is 0 Å². The second-order valence-electron chi connectivity index (χ2n) is 2.91. The summed E-state index contributed by atoms with van der Waals surface area (Å²) in [6, 6.07) is 0. The minimum atomic E-state index is -0.131. The Labute approximate surface area is 72.9 Å². The first-order valence-corrected chi connectivity index (χ1v) is 4.35. The maximum Gasteiger partial charge on any atom is 0.314 e. The van der Waals surface area contributed by atoms with E-state index in [4.69, 9.17) is 0 Å². The zero-order valence-electron chi connectivity index (χ0n) is 7.38. The number of carbonyl (C=O) groups is 1. The standard InChI is InChI=1S/C10H14O2/c1-2-3-4-5-6-9-7-10(11)12-8-9/h4-5,8H,2-3,6-7H2,1H3. The highest BCUT2D eigenvalue weighted by Gasteiger charge is 2.12. The minimum absolute atomic E-state index is 0.131. The fourth-order valence-corrected chi connectivity index (χ4v) is 1.06. The quantitative estimate of drug-likeness (QED) is 0.474. The van der Waals surface area contributed by atoms with E-state index in [1.165, 1.54) is 6.42 Å². The van der Waals surface area contributed by atoms with Gasteiger partial charge in [0.1, 0.15) is 0 Å². The zero-order valence-corrected chi connectivity index (χ0v) is 7.38. The molecule has 0 unspecified atom stereocenters. The molecule has 0 saturated carbocycles. The molecule has 0 aromatic carbocycles. The van der Waals surface area contributed by atoms with Crippen molar-refractivity contribution in [3.05, 3.63) is 24.0 Å². The van der Waals surface area contributed by atoms with Crippen LogP contribution in [0, 0.1) is 0 Å². The lowest BCUT2D eigenvalue weighted by atomic mass is 10.1. The van der Waals surface area contributed by atoms with Gasteiger partial charge in [0.25, 0.3) is 0 Å². The van der Waals surface area contributed by atoms with Crippen LogP contribution in [0.4, 0.5) is 0 Å². The van der Waals surface area contributed by atoms with Crippen LogP contribution in [0.1, 0.15) is 32.6 Å². The fourth-order valence-electron chi connectivity index (χ4n) is 1.06. The zero-order chi connectivity index (χ0) is 8.81. The van der Waals surface area contributed by atoms with Gasteiger partial charge in [-0.2, -0.15) is 0 Å². The Morgan fingerprint density at radius 3 is 3.00 bits per heavy atom. The molecule has 0 radical (unpaired) electrons. The van der Waals surface area contributed by atoms with Crippen molar-refractivity contribution in [2.24, 2.45) is 0 Å². The van der Waals surface area contributed by atoms with Crippen LogP contribution in [0.5, 0.6) is 0 Å². The largest absolute Gasteiger partial charge is 0.434 e. The molecule has 0 aromatic heterocycles. The number of ether oxygens (including phenoxy) is 1. The Morgan fingerprint density at radius 1 is 1.58 bits per heavy atom. The molecule has 1 aliphatic rings. The first-order valence-electron chi connectivity index (χ1n) is 4.35. The molecule has 1 heterocycles. The number of cyclic esters (lactones) is 1. The van der Waals surface area contributed by atoms with Crippen molar-refractivity contribution in [3.8, 4) is 0 Å². The van der Waals surface area contributed by atoms with E-state index < -0.39 is 0 Å². The molecule has 1 aliphatic heterocycles. The summed E-state index contributed by atoms with van der Waals surface area (Å²) in [6.07, 6.45) is 9.41. The number of unbranched alkanes of at least 4 members (excludes halogenated alkanes) is 1. The Morgan fingerprint density at radius 2 is 2.42 bits per heavy atom. The van der Waals surface area contributed by atoms with Gasteiger partial charge in [0.2, 0.25) is 0 Å². The Hall–Kier alpha value is -1.05. The van der Waals surface area contributed by atoms with Crippen LogP contribution in [0.2, 0.25) is 0 Å². The van der Waals surface area contributed by atoms with E-state index in [0.29, 0.717) is 6.42 Å². The summed E-state index contributed by atoms with van der Waals surface area (Å²) in [5.74, 6) is -0.131. The Kier molecular flexibility index (Phi) is 3.58. The van der Waals surface area contributed by atoms with E-state index in [1.54, 1.807) is 6.26 Å². The summed E-state index contributed by atoms with van der Waals surface area (Å²) in [4.78, 5) is 10.6. The molecular formula is C10H14O2. The van der Waals surface area contributed by atoms with Crippen molar-refractivity contribution >= 4 is 5.97 Å². The second kappa shape index (κ2) is 4.75. The molecule has 0 amide bonds. The molecule has 0 fully saturated rings. The van der Waals surface area contributed by atoms with Crippen LogP contribution in [0.25, 0.3) is 0 Å². The Balaban J connectivity index is 2.20. The molecule has 2 heteroatoms. The third kappa shape index (κ3) is 2.91. The van der Waals surface area contributed by atoms with Crippen molar-refractivity contribution in [1.82, 2.24) is 0 Å². The minimum Gasteiger partial charge on any atom is -0.434 e. The molecule has 66 valence electrons. The van der Waals surface area contributed by atoms with E-state index in [9.17, 15) is 4.79 Å². The van der Waals surface area contributed by atoms with Crippen LogP contribution in [-0.2, 0) is 9.53 Å². The van der Waals surface area contributed by atoms with Crippen LogP contribution < -0.4 is 0 Å². The highest BCUT2D eigenvalue weighted by atomic mass is 16.5. The Bertz CT molecular complexity index is 214. The summed E-state index contributed by atoms with van der Waals surface area (Å²) < 4.78 is 4.69. The van der Waals surface area contributed by atoms with E-state index in [0.717, 1.165) is 18.4 Å². The van der Waals surface area contributed by atoms with Crippen molar-refractivity contribution < 1.29 is 9.53 Å². The van der Waals surface area contributed by atoms with Gasteiger partial charge in [0, 0.05) is 0 Å². The summed E-state index contributed by atoms with van der Waals surface area (Å²) in [7, 11) is 0. The second-order valence-corrected chi connectivity index (χ2v) is 2.91. The van der Waals surface area contributed by atoms with Crippen LogP contribution in [0.15, 0.2) is 24.0 Å². The molecule has 0 aliphatic carbocycles. The van der Waals surface area contributed by atoms with Gasteiger partial charge in [-0.3, -0.25) is 4.79 Å². The van der Waals surface area contributed by atoms with Crippen LogP contribution in [0.3, 0.4) is 0 Å². The lowest BCUT2D eigenvalue weighted by Gasteiger charge is -1.89. The van der Waals surface area contributed by atoms with E-state index in [2.05, 4.69) is 23.8 Å². The lowest BCUT2D eigenvalue weighted by Crippen LogP contribution is -1.90. The smallest absolute Gasteiger partial charge is 0.314 e.